The van der Waals surface area contributed by atoms with Gasteiger partial charge in [0, 0.05) is 32.2 Å². The lowest BCUT2D eigenvalue weighted by molar-refractivity contribution is 0.0269. The number of nitrogens with one attached hydrogen (secondary N) is 1. The van der Waals surface area contributed by atoms with Gasteiger partial charge in [0.15, 0.2) is 0 Å². The Hall–Kier alpha value is -1.39. The predicted octanol–water partition coefficient (Wildman–Crippen LogP) is 2.64. The number of aliphatic hydroxyl groups is 1. The van der Waals surface area contributed by atoms with Gasteiger partial charge < -0.3 is 10.4 Å². The summed E-state index contributed by atoms with van der Waals surface area (Å²) in [5.74, 6) is 0. The van der Waals surface area contributed by atoms with Gasteiger partial charge in [-0.1, -0.05) is 60.7 Å². The Morgan fingerprint density at radius 2 is 1.57 bits per heavy atom. The van der Waals surface area contributed by atoms with Gasteiger partial charge in [-0.25, -0.2) is 0 Å². The molecule has 2 aromatic carbocycles. The fraction of sp³-hybridized carbons (Fsp3) is 0.368. The molecular weight excluding hydrogens is 308 g/mol. The minimum Gasteiger partial charge on any atom is -0.379 e. The summed E-state index contributed by atoms with van der Waals surface area (Å²) in [6.45, 7) is 5.71. The minimum atomic E-state index is -0.973. The van der Waals surface area contributed by atoms with Gasteiger partial charge in [0.2, 0.25) is 0 Å². The summed E-state index contributed by atoms with van der Waals surface area (Å²) < 4.78 is 0. The highest BCUT2D eigenvalue weighted by Gasteiger charge is 2.34. The van der Waals surface area contributed by atoms with E-state index in [0.29, 0.717) is 12.6 Å². The molecule has 1 aliphatic rings. The van der Waals surface area contributed by atoms with E-state index in [9.17, 15) is 5.11 Å². The van der Waals surface area contributed by atoms with Crippen molar-refractivity contribution in [2.75, 3.05) is 26.2 Å². The van der Waals surface area contributed by atoms with E-state index in [-0.39, 0.29) is 12.4 Å². The Morgan fingerprint density at radius 3 is 2.04 bits per heavy atom. The smallest absolute Gasteiger partial charge is 0.127 e. The summed E-state index contributed by atoms with van der Waals surface area (Å²) in [5, 5.41) is 15.0. The first-order valence-corrected chi connectivity index (χ1v) is 7.98. The van der Waals surface area contributed by atoms with E-state index >= 15 is 0 Å². The van der Waals surface area contributed by atoms with Gasteiger partial charge in [-0.05, 0) is 18.1 Å². The highest BCUT2D eigenvalue weighted by atomic mass is 35.5. The highest BCUT2D eigenvalue weighted by Crippen LogP contribution is 2.30. The average molecular weight is 333 g/mol. The Balaban J connectivity index is 0.00000192. The van der Waals surface area contributed by atoms with E-state index in [2.05, 4.69) is 17.1 Å². The highest BCUT2D eigenvalue weighted by molar-refractivity contribution is 5.85. The zero-order valence-corrected chi connectivity index (χ0v) is 14.3. The lowest BCUT2D eigenvalue weighted by Crippen LogP contribution is -2.53. The predicted molar refractivity (Wildman–Crippen MR) is 97.0 cm³/mol. The van der Waals surface area contributed by atoms with Gasteiger partial charge in [0.25, 0.3) is 0 Å². The molecule has 1 saturated heterocycles. The molecule has 1 aliphatic heterocycles. The number of hydrogen-bond donors (Lipinski definition) is 2. The molecule has 0 saturated carbocycles. The molecule has 124 valence electrons. The molecule has 3 rings (SSSR count). The molecule has 0 amide bonds. The lowest BCUT2D eigenvalue weighted by atomic mass is 9.85. The van der Waals surface area contributed by atoms with Crippen LogP contribution in [0.1, 0.15) is 18.1 Å². The van der Waals surface area contributed by atoms with Crippen LogP contribution in [0.4, 0.5) is 0 Å². The zero-order valence-electron chi connectivity index (χ0n) is 13.5. The lowest BCUT2D eigenvalue weighted by Gasteiger charge is -2.39. The molecule has 2 aromatic rings. The quantitative estimate of drug-likeness (QED) is 0.903. The monoisotopic (exact) mass is 332 g/mol. The summed E-state index contributed by atoms with van der Waals surface area (Å²) in [4.78, 5) is 2.35. The fourth-order valence-corrected chi connectivity index (χ4v) is 3.26. The number of piperazine rings is 1. The van der Waals surface area contributed by atoms with Crippen molar-refractivity contribution in [2.45, 2.75) is 18.6 Å². The first-order valence-electron chi connectivity index (χ1n) is 7.98. The Kier molecular flexibility index (Phi) is 6.19. The molecule has 0 radical (unpaired) electrons. The van der Waals surface area contributed by atoms with Gasteiger partial charge in [0.1, 0.15) is 5.60 Å². The molecule has 4 heteroatoms. The van der Waals surface area contributed by atoms with Crippen molar-refractivity contribution in [3.05, 3.63) is 71.8 Å². The van der Waals surface area contributed by atoms with E-state index in [0.717, 1.165) is 30.8 Å². The third-order valence-electron chi connectivity index (χ3n) is 4.41. The maximum atomic E-state index is 11.5. The zero-order chi connectivity index (χ0) is 15.4. The maximum absolute atomic E-state index is 11.5. The summed E-state index contributed by atoms with van der Waals surface area (Å²) >= 11 is 0. The Bertz CT molecular complexity index is 551. The number of hydrogen-bond acceptors (Lipinski definition) is 3. The second-order valence-electron chi connectivity index (χ2n) is 6.18. The molecule has 0 spiro atoms. The summed E-state index contributed by atoms with van der Waals surface area (Å²) in [6, 6.07) is 20.4. The van der Waals surface area contributed by atoms with E-state index in [1.165, 1.54) is 0 Å². The topological polar surface area (TPSA) is 35.5 Å². The van der Waals surface area contributed by atoms with E-state index in [1.54, 1.807) is 0 Å². The van der Waals surface area contributed by atoms with Gasteiger partial charge in [-0.15, -0.1) is 12.4 Å². The molecule has 3 nitrogen and oxygen atoms in total. The van der Waals surface area contributed by atoms with Gasteiger partial charge in [-0.3, -0.25) is 4.90 Å². The third-order valence-corrected chi connectivity index (χ3v) is 4.41. The van der Waals surface area contributed by atoms with Crippen LogP contribution in [0.15, 0.2) is 60.7 Å². The molecule has 2 N–H and O–H groups in total. The third kappa shape index (κ3) is 4.12. The van der Waals surface area contributed by atoms with Crippen LogP contribution in [-0.4, -0.2) is 42.2 Å². The standard InChI is InChI=1S/C19H24N2O.ClH/c1-16-14-21(13-12-20-16)15-19(22,17-8-4-2-5-9-17)18-10-6-3-7-11-18;/h2-11,16,20,22H,12-15H2,1H3;1H. The van der Waals surface area contributed by atoms with Crippen LogP contribution in [0.25, 0.3) is 0 Å². The second-order valence-corrected chi connectivity index (χ2v) is 6.18. The van der Waals surface area contributed by atoms with Crippen molar-refractivity contribution in [3.8, 4) is 0 Å². The van der Waals surface area contributed by atoms with Crippen molar-refractivity contribution >= 4 is 12.4 Å². The molecule has 1 heterocycles. The molecule has 0 aliphatic carbocycles. The van der Waals surface area contributed by atoms with Gasteiger partial charge >= 0.3 is 0 Å². The Morgan fingerprint density at radius 1 is 1.04 bits per heavy atom. The molecule has 0 bridgehead atoms. The first kappa shape index (κ1) is 18.0. The number of benzene rings is 2. The van der Waals surface area contributed by atoms with Crippen molar-refractivity contribution in [1.82, 2.24) is 10.2 Å². The molecular formula is C19H25ClN2O. The van der Waals surface area contributed by atoms with Crippen molar-refractivity contribution in [3.63, 3.8) is 0 Å². The largest absolute Gasteiger partial charge is 0.379 e. The molecule has 0 aromatic heterocycles. The summed E-state index contributed by atoms with van der Waals surface area (Å²) in [7, 11) is 0. The van der Waals surface area contributed by atoms with Crippen LogP contribution in [0.5, 0.6) is 0 Å². The normalized spacial score (nSPS) is 19.1. The maximum Gasteiger partial charge on any atom is 0.127 e. The minimum absolute atomic E-state index is 0. The average Bonchev–Trinajstić information content (AvgIpc) is 2.56. The van der Waals surface area contributed by atoms with Crippen LogP contribution < -0.4 is 5.32 Å². The van der Waals surface area contributed by atoms with E-state index in [4.69, 9.17) is 0 Å². The fourth-order valence-electron chi connectivity index (χ4n) is 3.26. The first-order chi connectivity index (χ1) is 10.7. The number of halogens is 1. The van der Waals surface area contributed by atoms with Crippen LogP contribution in [0.3, 0.4) is 0 Å². The molecule has 1 fully saturated rings. The number of nitrogens with zero attached hydrogens (tertiary/aromatic N) is 1. The second kappa shape index (κ2) is 7.93. The van der Waals surface area contributed by atoms with E-state index < -0.39 is 5.60 Å². The van der Waals surface area contributed by atoms with Gasteiger partial charge in [0.05, 0.1) is 0 Å². The van der Waals surface area contributed by atoms with Crippen LogP contribution in [0.2, 0.25) is 0 Å². The Labute approximate surface area is 144 Å². The SMILES string of the molecule is CC1CN(CC(O)(c2ccccc2)c2ccccc2)CCN1.Cl. The number of rotatable bonds is 4. The van der Waals surface area contributed by atoms with E-state index in [1.807, 2.05) is 60.7 Å². The molecule has 1 atom stereocenters. The number of β-amino-alcohol motifs (C(OH)–C–C–N with tert-alkyl or cyclic N) is 1. The molecule has 1 unspecified atom stereocenters. The van der Waals surface area contributed by atoms with Crippen molar-refractivity contribution in [2.24, 2.45) is 0 Å². The van der Waals surface area contributed by atoms with Crippen molar-refractivity contribution in [1.29, 1.82) is 0 Å². The van der Waals surface area contributed by atoms with Crippen LogP contribution >= 0.6 is 12.4 Å². The van der Waals surface area contributed by atoms with Gasteiger partial charge in [-0.2, -0.15) is 0 Å². The summed E-state index contributed by atoms with van der Waals surface area (Å²) in [5.41, 5.74) is 0.930. The molecule has 23 heavy (non-hydrogen) atoms. The van der Waals surface area contributed by atoms with Crippen LogP contribution in [0, 0.1) is 0 Å². The summed E-state index contributed by atoms with van der Waals surface area (Å²) in [6.07, 6.45) is 0. The van der Waals surface area contributed by atoms with Crippen LogP contribution in [-0.2, 0) is 5.60 Å². The van der Waals surface area contributed by atoms with Crippen molar-refractivity contribution < 1.29 is 5.11 Å².